The number of nitrogens with zero attached hydrogens (tertiary/aromatic N) is 1. The van der Waals surface area contributed by atoms with E-state index in [4.69, 9.17) is 5.26 Å². The molecule has 0 radical (unpaired) electrons. The quantitative estimate of drug-likeness (QED) is 0.781. The van der Waals surface area contributed by atoms with E-state index in [1.54, 1.807) is 6.07 Å². The van der Waals surface area contributed by atoms with Crippen molar-refractivity contribution < 1.29 is 9.50 Å². The van der Waals surface area contributed by atoms with Crippen molar-refractivity contribution in [2.75, 3.05) is 0 Å². The molecule has 0 saturated heterocycles. The Balaban J connectivity index is 2.66. The number of fused-ring (bicyclic) bond motifs is 1. The molecule has 0 bridgehead atoms. The highest BCUT2D eigenvalue weighted by atomic mass is 32.1. The average molecular weight is 207 g/mol. The molecular formula is C10H6FNOS. The predicted molar refractivity (Wildman–Crippen MR) is 52.8 cm³/mol. The Morgan fingerprint density at radius 1 is 1.43 bits per heavy atom. The molecule has 0 fully saturated rings. The normalized spacial score (nSPS) is 10.3. The summed E-state index contributed by atoms with van der Waals surface area (Å²) in [6, 6.07) is 6.52. The summed E-state index contributed by atoms with van der Waals surface area (Å²) in [5.41, 5.74) is 0.635. The fourth-order valence-electron chi connectivity index (χ4n) is 1.35. The van der Waals surface area contributed by atoms with Gasteiger partial charge in [0.1, 0.15) is 5.82 Å². The lowest BCUT2D eigenvalue weighted by Crippen LogP contribution is -1.83. The van der Waals surface area contributed by atoms with Crippen LogP contribution < -0.4 is 0 Å². The number of halogens is 1. The molecule has 2 nitrogen and oxygen atoms in total. The van der Waals surface area contributed by atoms with Crippen LogP contribution in [0.15, 0.2) is 18.2 Å². The molecule has 0 aliphatic heterocycles. The highest BCUT2D eigenvalue weighted by Crippen LogP contribution is 2.33. The lowest BCUT2D eigenvalue weighted by atomic mass is 10.1. The van der Waals surface area contributed by atoms with Gasteiger partial charge in [0.05, 0.1) is 17.2 Å². The first kappa shape index (κ1) is 8.97. The Hall–Kier alpha value is -1.60. The first-order valence-electron chi connectivity index (χ1n) is 3.98. The van der Waals surface area contributed by atoms with Crippen molar-refractivity contribution in [3.63, 3.8) is 0 Å². The number of hydrogen-bond donors (Lipinski definition) is 1. The van der Waals surface area contributed by atoms with Gasteiger partial charge in [-0.15, -0.1) is 0 Å². The topological polar surface area (TPSA) is 44.0 Å². The molecular weight excluding hydrogens is 201 g/mol. The van der Waals surface area contributed by atoms with Crippen LogP contribution in [0.2, 0.25) is 0 Å². The van der Waals surface area contributed by atoms with Crippen molar-refractivity contribution in [1.29, 1.82) is 5.26 Å². The Labute approximate surface area is 83.8 Å². The van der Waals surface area contributed by atoms with E-state index in [9.17, 15) is 9.50 Å². The van der Waals surface area contributed by atoms with Crippen LogP contribution in [0.4, 0.5) is 4.39 Å². The molecule has 0 aliphatic carbocycles. The third kappa shape index (κ3) is 1.42. The van der Waals surface area contributed by atoms with Crippen LogP contribution in [-0.4, -0.2) is 5.11 Å². The lowest BCUT2D eigenvalue weighted by Gasteiger charge is -1.96. The summed E-state index contributed by atoms with van der Waals surface area (Å²) in [6.07, 6.45) is 0.184. The number of hydrogen-bond acceptors (Lipinski definition) is 3. The summed E-state index contributed by atoms with van der Waals surface area (Å²) in [5, 5.41) is 18.4. The monoisotopic (exact) mass is 207 g/mol. The fourth-order valence-corrected chi connectivity index (χ4v) is 2.14. The van der Waals surface area contributed by atoms with Gasteiger partial charge in [0.2, 0.25) is 0 Å². The molecule has 1 heterocycles. The first-order valence-corrected chi connectivity index (χ1v) is 4.80. The Bertz CT molecular complexity index is 527. The van der Waals surface area contributed by atoms with Crippen LogP contribution in [0.25, 0.3) is 10.1 Å². The molecule has 1 aromatic carbocycles. The van der Waals surface area contributed by atoms with Gasteiger partial charge in [0.15, 0.2) is 5.06 Å². The van der Waals surface area contributed by atoms with E-state index < -0.39 is 0 Å². The maximum absolute atomic E-state index is 13.4. The first-order chi connectivity index (χ1) is 6.70. The standard InChI is InChI=1S/C10H6FNOS/c11-8-4-6(1-2-12)3-7-5-9(13)14-10(7)8/h3-5,13H,1H2. The van der Waals surface area contributed by atoms with Gasteiger partial charge in [-0.05, 0) is 29.1 Å². The molecule has 2 aromatic rings. The molecule has 14 heavy (non-hydrogen) atoms. The third-order valence-electron chi connectivity index (χ3n) is 1.90. The molecule has 70 valence electrons. The summed E-state index contributed by atoms with van der Waals surface area (Å²) in [4.78, 5) is 0. The molecule has 0 spiro atoms. The maximum atomic E-state index is 13.4. The van der Waals surface area contributed by atoms with Crippen molar-refractivity contribution >= 4 is 21.4 Å². The van der Waals surface area contributed by atoms with Crippen LogP contribution >= 0.6 is 11.3 Å². The molecule has 1 aromatic heterocycles. The number of nitriles is 1. The van der Waals surface area contributed by atoms with Gasteiger partial charge in [-0.25, -0.2) is 4.39 Å². The van der Waals surface area contributed by atoms with E-state index in [0.29, 0.717) is 15.6 Å². The summed E-state index contributed by atoms with van der Waals surface area (Å²) >= 11 is 1.00. The second-order valence-electron chi connectivity index (χ2n) is 2.92. The Morgan fingerprint density at radius 2 is 2.21 bits per heavy atom. The second kappa shape index (κ2) is 3.28. The van der Waals surface area contributed by atoms with E-state index in [1.807, 2.05) is 6.07 Å². The number of rotatable bonds is 1. The Kier molecular flexibility index (Phi) is 2.10. The van der Waals surface area contributed by atoms with Gasteiger partial charge in [-0.1, -0.05) is 11.3 Å². The molecule has 1 N–H and O–H groups in total. The second-order valence-corrected chi connectivity index (χ2v) is 3.95. The van der Waals surface area contributed by atoms with Crippen molar-refractivity contribution in [2.24, 2.45) is 0 Å². The number of thiophene rings is 1. The molecule has 4 heteroatoms. The molecule has 0 saturated carbocycles. The summed E-state index contributed by atoms with van der Waals surface area (Å²) < 4.78 is 13.8. The fraction of sp³-hybridized carbons (Fsp3) is 0.100. The van der Waals surface area contributed by atoms with Gasteiger partial charge >= 0.3 is 0 Å². The maximum Gasteiger partial charge on any atom is 0.172 e. The molecule has 2 rings (SSSR count). The lowest BCUT2D eigenvalue weighted by molar-refractivity contribution is 0.491. The van der Waals surface area contributed by atoms with E-state index >= 15 is 0 Å². The highest BCUT2D eigenvalue weighted by molar-refractivity contribution is 7.20. The van der Waals surface area contributed by atoms with E-state index in [1.165, 1.54) is 12.1 Å². The van der Waals surface area contributed by atoms with Gasteiger partial charge in [0, 0.05) is 0 Å². The minimum absolute atomic E-state index is 0.0907. The summed E-state index contributed by atoms with van der Waals surface area (Å²) in [6.45, 7) is 0. The zero-order chi connectivity index (χ0) is 10.1. The molecule has 0 atom stereocenters. The largest absolute Gasteiger partial charge is 0.499 e. The smallest absolute Gasteiger partial charge is 0.172 e. The molecule has 0 aliphatic rings. The summed E-state index contributed by atoms with van der Waals surface area (Å²) in [5.74, 6) is -0.377. The summed E-state index contributed by atoms with van der Waals surface area (Å²) in [7, 11) is 0. The van der Waals surface area contributed by atoms with Crippen LogP contribution in [0.3, 0.4) is 0 Å². The van der Waals surface area contributed by atoms with Crippen LogP contribution in [0.1, 0.15) is 5.56 Å². The van der Waals surface area contributed by atoms with Crippen molar-refractivity contribution in [3.8, 4) is 11.1 Å². The average Bonchev–Trinajstić information content (AvgIpc) is 2.47. The van der Waals surface area contributed by atoms with E-state index in [-0.39, 0.29) is 17.3 Å². The van der Waals surface area contributed by atoms with Gasteiger partial charge < -0.3 is 5.11 Å². The van der Waals surface area contributed by atoms with Gasteiger partial charge in [0.25, 0.3) is 0 Å². The van der Waals surface area contributed by atoms with Crippen LogP contribution in [-0.2, 0) is 6.42 Å². The number of benzene rings is 1. The molecule has 0 unspecified atom stereocenters. The SMILES string of the molecule is N#CCc1cc(F)c2sc(O)cc2c1. The van der Waals surface area contributed by atoms with Crippen molar-refractivity contribution in [2.45, 2.75) is 6.42 Å². The third-order valence-corrected chi connectivity index (χ3v) is 2.86. The van der Waals surface area contributed by atoms with Gasteiger partial charge in [-0.3, -0.25) is 0 Å². The highest BCUT2D eigenvalue weighted by Gasteiger charge is 2.07. The zero-order valence-electron chi connectivity index (χ0n) is 7.12. The van der Waals surface area contributed by atoms with Crippen molar-refractivity contribution in [3.05, 3.63) is 29.6 Å². The van der Waals surface area contributed by atoms with E-state index in [0.717, 1.165) is 11.3 Å². The minimum Gasteiger partial charge on any atom is -0.499 e. The van der Waals surface area contributed by atoms with E-state index in [2.05, 4.69) is 0 Å². The van der Waals surface area contributed by atoms with Crippen LogP contribution in [0, 0.1) is 17.1 Å². The minimum atomic E-state index is -0.377. The predicted octanol–water partition coefficient (Wildman–Crippen LogP) is 2.81. The Morgan fingerprint density at radius 3 is 2.93 bits per heavy atom. The molecule has 0 amide bonds. The zero-order valence-corrected chi connectivity index (χ0v) is 7.94. The number of aromatic hydroxyl groups is 1. The van der Waals surface area contributed by atoms with Crippen molar-refractivity contribution in [1.82, 2.24) is 0 Å². The van der Waals surface area contributed by atoms with Crippen LogP contribution in [0.5, 0.6) is 5.06 Å². The van der Waals surface area contributed by atoms with Gasteiger partial charge in [-0.2, -0.15) is 5.26 Å².